The van der Waals surface area contributed by atoms with Crippen molar-refractivity contribution < 1.29 is 4.74 Å². The highest BCUT2D eigenvalue weighted by Crippen LogP contribution is 2.29. The number of halogens is 1. The molecule has 0 aliphatic heterocycles. The first-order valence-electron chi connectivity index (χ1n) is 7.26. The minimum Gasteiger partial charge on any atom is -0.373 e. The summed E-state index contributed by atoms with van der Waals surface area (Å²) in [6.07, 6.45) is 1.01. The molecule has 0 fully saturated rings. The van der Waals surface area contributed by atoms with Gasteiger partial charge in [0, 0.05) is 13.7 Å². The molecule has 114 valence electrons. The Morgan fingerprint density at radius 3 is 2.30 bits per heavy atom. The smallest absolute Gasteiger partial charge is 0.160 e. The molecule has 0 spiro atoms. The van der Waals surface area contributed by atoms with E-state index in [2.05, 4.69) is 62.5 Å². The van der Waals surface area contributed by atoms with E-state index in [1.807, 2.05) is 0 Å². The molecule has 0 saturated carbocycles. The summed E-state index contributed by atoms with van der Waals surface area (Å²) in [6, 6.07) is 0. The van der Waals surface area contributed by atoms with Crippen molar-refractivity contribution in [1.82, 2.24) is 9.97 Å². The van der Waals surface area contributed by atoms with E-state index in [9.17, 15) is 0 Å². The van der Waals surface area contributed by atoms with Crippen LogP contribution in [0.3, 0.4) is 0 Å². The molecule has 0 saturated heterocycles. The maximum Gasteiger partial charge on any atom is 0.160 e. The van der Waals surface area contributed by atoms with Gasteiger partial charge < -0.3 is 10.1 Å². The molecule has 0 amide bonds. The van der Waals surface area contributed by atoms with Gasteiger partial charge in [0.25, 0.3) is 0 Å². The van der Waals surface area contributed by atoms with E-state index in [1.165, 1.54) is 0 Å². The Morgan fingerprint density at radius 2 is 1.85 bits per heavy atom. The number of nitrogens with one attached hydrogen (secondary N) is 1. The van der Waals surface area contributed by atoms with E-state index in [4.69, 9.17) is 14.7 Å². The first-order chi connectivity index (χ1) is 9.42. The summed E-state index contributed by atoms with van der Waals surface area (Å²) >= 11 is 2.34. The molecular weight excluding hydrogens is 365 g/mol. The van der Waals surface area contributed by atoms with Crippen molar-refractivity contribution in [3.63, 3.8) is 0 Å². The number of ether oxygens (including phenoxy) is 1. The standard InChI is InChI=1S/C15H26IN3O/c1-7-8-17-14-11(16)12(9(2)3)18-15(19-14)13(20-6)10(4)5/h9-10,13H,7-8H2,1-6H3,(H,17,18,19). The average molecular weight is 391 g/mol. The van der Waals surface area contributed by atoms with Crippen LogP contribution in [0.5, 0.6) is 0 Å². The van der Waals surface area contributed by atoms with Crippen LogP contribution < -0.4 is 5.32 Å². The van der Waals surface area contributed by atoms with Crippen molar-refractivity contribution in [2.45, 2.75) is 53.1 Å². The van der Waals surface area contributed by atoms with Gasteiger partial charge in [-0.3, -0.25) is 0 Å². The van der Waals surface area contributed by atoms with Crippen LogP contribution in [0.1, 0.15) is 64.6 Å². The van der Waals surface area contributed by atoms with E-state index in [0.717, 1.165) is 33.9 Å². The second-order valence-corrected chi connectivity index (χ2v) is 6.69. The van der Waals surface area contributed by atoms with Crippen LogP contribution in [0.25, 0.3) is 0 Å². The Bertz CT molecular complexity index is 435. The Kier molecular flexibility index (Phi) is 7.15. The van der Waals surface area contributed by atoms with Crippen molar-refractivity contribution in [2.24, 2.45) is 5.92 Å². The maximum absolute atomic E-state index is 5.58. The minimum absolute atomic E-state index is 0.0633. The van der Waals surface area contributed by atoms with Crippen LogP contribution in [0.4, 0.5) is 5.82 Å². The second kappa shape index (κ2) is 8.12. The maximum atomic E-state index is 5.58. The Labute approximate surface area is 136 Å². The largest absolute Gasteiger partial charge is 0.373 e. The fourth-order valence-electron chi connectivity index (χ4n) is 2.03. The third-order valence-corrected chi connectivity index (χ3v) is 4.16. The lowest BCUT2D eigenvalue weighted by Crippen LogP contribution is -2.17. The van der Waals surface area contributed by atoms with Crippen LogP contribution in [-0.2, 0) is 4.74 Å². The summed E-state index contributed by atoms with van der Waals surface area (Å²) in [5, 5.41) is 3.40. The average Bonchev–Trinajstić information content (AvgIpc) is 2.38. The number of anilines is 1. The van der Waals surface area contributed by atoms with E-state index >= 15 is 0 Å². The lowest BCUT2D eigenvalue weighted by atomic mass is 10.1. The van der Waals surface area contributed by atoms with Crippen molar-refractivity contribution in [3.05, 3.63) is 15.1 Å². The Hall–Kier alpha value is -0.430. The summed E-state index contributed by atoms with van der Waals surface area (Å²) in [4.78, 5) is 9.44. The van der Waals surface area contributed by atoms with E-state index in [-0.39, 0.29) is 6.10 Å². The summed E-state index contributed by atoms with van der Waals surface area (Å²) in [6.45, 7) is 11.7. The van der Waals surface area contributed by atoms with Gasteiger partial charge in [0.1, 0.15) is 11.9 Å². The van der Waals surface area contributed by atoms with Crippen LogP contribution >= 0.6 is 22.6 Å². The highest BCUT2D eigenvalue weighted by molar-refractivity contribution is 14.1. The normalized spacial score (nSPS) is 13.1. The number of hydrogen-bond donors (Lipinski definition) is 1. The van der Waals surface area contributed by atoms with Crippen molar-refractivity contribution in [3.8, 4) is 0 Å². The SMILES string of the molecule is CCCNc1nc(C(OC)C(C)C)nc(C(C)C)c1I. The van der Waals surface area contributed by atoms with Crippen molar-refractivity contribution in [2.75, 3.05) is 19.0 Å². The molecule has 1 N–H and O–H groups in total. The van der Waals surface area contributed by atoms with E-state index in [0.29, 0.717) is 11.8 Å². The molecule has 0 aliphatic carbocycles. The molecular formula is C15H26IN3O. The van der Waals surface area contributed by atoms with Gasteiger partial charge in [-0.15, -0.1) is 0 Å². The molecule has 1 atom stereocenters. The van der Waals surface area contributed by atoms with Gasteiger partial charge >= 0.3 is 0 Å². The lowest BCUT2D eigenvalue weighted by Gasteiger charge is -2.21. The molecule has 1 aromatic rings. The summed E-state index contributed by atoms with van der Waals surface area (Å²) in [5.41, 5.74) is 1.09. The highest BCUT2D eigenvalue weighted by Gasteiger charge is 2.22. The molecule has 1 rings (SSSR count). The lowest BCUT2D eigenvalue weighted by molar-refractivity contribution is 0.0573. The number of methoxy groups -OCH3 is 1. The molecule has 5 heteroatoms. The quantitative estimate of drug-likeness (QED) is 0.702. The van der Waals surface area contributed by atoms with Crippen LogP contribution in [-0.4, -0.2) is 23.6 Å². The molecule has 0 aliphatic rings. The van der Waals surface area contributed by atoms with Gasteiger partial charge in [0.05, 0.1) is 9.26 Å². The molecule has 1 heterocycles. The molecule has 0 aromatic carbocycles. The van der Waals surface area contributed by atoms with Gasteiger partial charge in [0.2, 0.25) is 0 Å². The Morgan fingerprint density at radius 1 is 1.20 bits per heavy atom. The van der Waals surface area contributed by atoms with Crippen LogP contribution in [0.15, 0.2) is 0 Å². The van der Waals surface area contributed by atoms with Gasteiger partial charge in [0.15, 0.2) is 5.82 Å². The predicted molar refractivity (Wildman–Crippen MR) is 92.2 cm³/mol. The Balaban J connectivity index is 3.27. The number of aromatic nitrogens is 2. The topological polar surface area (TPSA) is 47.0 Å². The fraction of sp³-hybridized carbons (Fsp3) is 0.733. The predicted octanol–water partition coefficient (Wildman–Crippen LogP) is 4.37. The first kappa shape index (κ1) is 17.6. The zero-order chi connectivity index (χ0) is 15.3. The third kappa shape index (κ3) is 4.28. The molecule has 1 aromatic heterocycles. The monoisotopic (exact) mass is 391 g/mol. The number of nitrogens with zero attached hydrogens (tertiary/aromatic N) is 2. The van der Waals surface area contributed by atoms with Gasteiger partial charge in [-0.05, 0) is 40.8 Å². The fourth-order valence-corrected chi connectivity index (χ4v) is 3.08. The molecule has 0 radical (unpaired) electrons. The van der Waals surface area contributed by atoms with E-state index < -0.39 is 0 Å². The highest BCUT2D eigenvalue weighted by atomic mass is 127. The third-order valence-electron chi connectivity index (χ3n) is 3.10. The molecule has 1 unspecified atom stereocenters. The van der Waals surface area contributed by atoms with Crippen molar-refractivity contribution >= 4 is 28.4 Å². The molecule has 4 nitrogen and oxygen atoms in total. The first-order valence-corrected chi connectivity index (χ1v) is 8.34. The number of hydrogen-bond acceptors (Lipinski definition) is 4. The van der Waals surface area contributed by atoms with Gasteiger partial charge in [-0.25, -0.2) is 9.97 Å². The zero-order valence-corrected chi connectivity index (χ0v) is 15.5. The van der Waals surface area contributed by atoms with Crippen molar-refractivity contribution in [1.29, 1.82) is 0 Å². The van der Waals surface area contributed by atoms with Crippen LogP contribution in [0, 0.1) is 9.49 Å². The summed E-state index contributed by atoms with van der Waals surface area (Å²) < 4.78 is 6.70. The van der Waals surface area contributed by atoms with Gasteiger partial charge in [-0.2, -0.15) is 0 Å². The second-order valence-electron chi connectivity index (χ2n) is 5.61. The molecule has 20 heavy (non-hydrogen) atoms. The number of rotatable bonds is 7. The van der Waals surface area contributed by atoms with E-state index in [1.54, 1.807) is 7.11 Å². The molecule has 0 bridgehead atoms. The zero-order valence-electron chi connectivity index (χ0n) is 13.3. The minimum atomic E-state index is -0.0633. The summed E-state index contributed by atoms with van der Waals surface area (Å²) in [7, 11) is 1.72. The van der Waals surface area contributed by atoms with Gasteiger partial charge in [-0.1, -0.05) is 34.6 Å². The van der Waals surface area contributed by atoms with Crippen LogP contribution in [0.2, 0.25) is 0 Å². The summed E-state index contributed by atoms with van der Waals surface area (Å²) in [5.74, 6) is 2.43.